The first kappa shape index (κ1) is 21.4. The number of benzene rings is 2. The van der Waals surface area contributed by atoms with Crippen molar-refractivity contribution in [3.63, 3.8) is 0 Å². The van der Waals surface area contributed by atoms with E-state index in [2.05, 4.69) is 17.2 Å². The Hall–Kier alpha value is -1.94. The summed E-state index contributed by atoms with van der Waals surface area (Å²) in [5, 5.41) is 10.7. The molecule has 2 rings (SSSR count). The number of non-ortho nitro benzene ring substituents is 1. The van der Waals surface area contributed by atoms with Crippen molar-refractivity contribution in [1.29, 1.82) is 0 Å². The largest absolute Gasteiger partial charge is 0.270 e. The molecule has 2 aromatic rings. The van der Waals surface area contributed by atoms with E-state index in [-0.39, 0.29) is 16.0 Å². The van der Waals surface area contributed by atoms with Crippen LogP contribution in [0.1, 0.15) is 32.6 Å². The van der Waals surface area contributed by atoms with Gasteiger partial charge in [-0.05, 0) is 24.6 Å². The van der Waals surface area contributed by atoms with Crippen LogP contribution in [0.15, 0.2) is 64.4 Å². The third-order valence-corrected chi connectivity index (χ3v) is 6.23. The van der Waals surface area contributed by atoms with Crippen LogP contribution in [0.3, 0.4) is 0 Å². The molecule has 0 aliphatic carbocycles. The van der Waals surface area contributed by atoms with Crippen LogP contribution in [0.5, 0.6) is 0 Å². The number of hydrogen-bond donors (Lipinski definition) is 2. The van der Waals surface area contributed by atoms with Gasteiger partial charge in [-0.25, -0.2) is 13.8 Å². The predicted molar refractivity (Wildman–Crippen MR) is 107 cm³/mol. The van der Waals surface area contributed by atoms with Gasteiger partial charge >= 0.3 is 0 Å². The van der Waals surface area contributed by atoms with Crippen molar-refractivity contribution < 1.29 is 13.3 Å². The Morgan fingerprint density at radius 2 is 1.85 bits per heavy atom. The molecule has 2 aromatic carbocycles. The summed E-state index contributed by atoms with van der Waals surface area (Å²) >= 11 is 1.54. The number of rotatable bonds is 11. The smallest absolute Gasteiger partial charge is 0.258 e. The molecule has 0 saturated heterocycles. The zero-order valence-corrected chi connectivity index (χ0v) is 16.6. The van der Waals surface area contributed by atoms with Gasteiger partial charge in [-0.3, -0.25) is 10.1 Å². The first-order valence-electron chi connectivity index (χ1n) is 8.66. The average molecular weight is 410 g/mol. The Labute approximate surface area is 163 Å². The van der Waals surface area contributed by atoms with Crippen molar-refractivity contribution in [2.24, 2.45) is 0 Å². The first-order chi connectivity index (χ1) is 12.9. The van der Waals surface area contributed by atoms with Gasteiger partial charge in [0.2, 0.25) is 0 Å². The van der Waals surface area contributed by atoms with Crippen molar-refractivity contribution in [2.45, 2.75) is 47.8 Å². The van der Waals surface area contributed by atoms with E-state index < -0.39 is 14.9 Å². The van der Waals surface area contributed by atoms with E-state index in [0.717, 1.165) is 36.6 Å². The van der Waals surface area contributed by atoms with E-state index in [9.17, 15) is 18.5 Å². The molecular weight excluding hydrogens is 386 g/mol. The zero-order valence-electron chi connectivity index (χ0n) is 15.0. The summed E-state index contributed by atoms with van der Waals surface area (Å²) in [7, 11) is -3.91. The van der Waals surface area contributed by atoms with Gasteiger partial charge in [0.15, 0.2) is 0 Å². The molecule has 0 aliphatic rings. The van der Waals surface area contributed by atoms with E-state index in [1.54, 1.807) is 0 Å². The van der Waals surface area contributed by atoms with Crippen LogP contribution in [0.2, 0.25) is 0 Å². The van der Waals surface area contributed by atoms with Crippen LogP contribution in [-0.2, 0) is 10.0 Å². The minimum absolute atomic E-state index is 0.152. The zero-order chi connectivity index (χ0) is 19.7. The second kappa shape index (κ2) is 10.4. The number of nitrogens with one attached hydrogen (secondary N) is 2. The second-order valence-electron chi connectivity index (χ2n) is 5.92. The van der Waals surface area contributed by atoms with E-state index >= 15 is 0 Å². The summed E-state index contributed by atoms with van der Waals surface area (Å²) in [6, 6.07) is 14.7. The van der Waals surface area contributed by atoms with Crippen LogP contribution >= 0.6 is 11.8 Å². The molecule has 0 fully saturated rings. The molecule has 0 saturated carbocycles. The fourth-order valence-electron chi connectivity index (χ4n) is 2.37. The van der Waals surface area contributed by atoms with Gasteiger partial charge in [-0.2, -0.15) is 0 Å². The van der Waals surface area contributed by atoms with Gasteiger partial charge in [0.25, 0.3) is 15.7 Å². The normalized spacial score (nSPS) is 12.6. The highest BCUT2D eigenvalue weighted by Gasteiger charge is 2.19. The third kappa shape index (κ3) is 6.94. The summed E-state index contributed by atoms with van der Waals surface area (Å²) < 4.78 is 25.0. The molecular formula is C18H23N3O4S2. The monoisotopic (exact) mass is 409 g/mol. The number of sulfonamides is 1. The molecule has 0 heterocycles. The minimum Gasteiger partial charge on any atom is -0.258 e. The predicted octanol–water partition coefficient (Wildman–Crippen LogP) is 4.08. The molecule has 1 unspecified atom stereocenters. The van der Waals surface area contributed by atoms with Gasteiger partial charge in [-0.1, -0.05) is 50.5 Å². The van der Waals surface area contributed by atoms with Crippen LogP contribution in [0.25, 0.3) is 0 Å². The molecule has 146 valence electrons. The van der Waals surface area contributed by atoms with Crippen LogP contribution in [-0.4, -0.2) is 18.7 Å². The van der Waals surface area contributed by atoms with E-state index in [0.29, 0.717) is 0 Å². The van der Waals surface area contributed by atoms with Crippen LogP contribution in [0, 0.1) is 10.1 Å². The molecule has 7 nitrogen and oxygen atoms in total. The van der Waals surface area contributed by atoms with Crippen molar-refractivity contribution in [2.75, 3.05) is 0 Å². The van der Waals surface area contributed by atoms with Gasteiger partial charge in [0.05, 0.1) is 15.2 Å². The van der Waals surface area contributed by atoms with Crippen molar-refractivity contribution in [1.82, 2.24) is 10.3 Å². The Balaban J connectivity index is 2.07. The molecule has 0 radical (unpaired) electrons. The lowest BCUT2D eigenvalue weighted by atomic mass is 10.2. The number of nitro benzene ring substituents is 1. The van der Waals surface area contributed by atoms with Crippen molar-refractivity contribution >= 4 is 27.5 Å². The van der Waals surface area contributed by atoms with Gasteiger partial charge in [0, 0.05) is 17.0 Å². The lowest BCUT2D eigenvalue weighted by Gasteiger charge is -2.19. The number of thioether (sulfide) groups is 1. The first-order valence-corrected chi connectivity index (χ1v) is 11.0. The van der Waals surface area contributed by atoms with Crippen LogP contribution < -0.4 is 10.3 Å². The fourth-order valence-corrected chi connectivity index (χ4v) is 4.44. The maximum Gasteiger partial charge on any atom is 0.270 e. The topological polar surface area (TPSA) is 101 Å². The standard InChI is InChI=1S/C18H23N3O4S2/c1-2-3-5-13-18(26-16-10-6-4-7-11-16)19-20-27(24,25)17-12-8-9-15(14-17)21(22)23/h4,6-12,14,18-20H,2-3,5,13H2,1H3. The van der Waals surface area contributed by atoms with Gasteiger partial charge in [0.1, 0.15) is 0 Å². The highest BCUT2D eigenvalue weighted by molar-refractivity contribution is 8.00. The van der Waals surface area contributed by atoms with Crippen molar-refractivity contribution in [3.8, 4) is 0 Å². The highest BCUT2D eigenvalue weighted by atomic mass is 32.2. The van der Waals surface area contributed by atoms with Gasteiger partial charge in [-0.15, -0.1) is 16.6 Å². The number of hydrogen-bond acceptors (Lipinski definition) is 6. The number of hydrazine groups is 1. The molecule has 0 bridgehead atoms. The summed E-state index contributed by atoms with van der Waals surface area (Å²) in [5.41, 5.74) is 2.60. The molecule has 27 heavy (non-hydrogen) atoms. The molecule has 9 heteroatoms. The quantitative estimate of drug-likeness (QED) is 0.191. The lowest BCUT2D eigenvalue weighted by Crippen LogP contribution is -2.42. The highest BCUT2D eigenvalue weighted by Crippen LogP contribution is 2.25. The minimum atomic E-state index is -3.91. The lowest BCUT2D eigenvalue weighted by molar-refractivity contribution is -0.385. The van der Waals surface area contributed by atoms with E-state index in [4.69, 9.17) is 0 Å². The van der Waals surface area contributed by atoms with Crippen LogP contribution in [0.4, 0.5) is 5.69 Å². The molecule has 0 amide bonds. The average Bonchev–Trinajstić information content (AvgIpc) is 2.67. The summed E-state index contributed by atoms with van der Waals surface area (Å²) in [5.74, 6) is 0. The summed E-state index contributed by atoms with van der Waals surface area (Å²) in [6.45, 7) is 2.11. The second-order valence-corrected chi connectivity index (χ2v) is 8.88. The number of nitro groups is 1. The van der Waals surface area contributed by atoms with Gasteiger partial charge < -0.3 is 0 Å². The molecule has 2 N–H and O–H groups in total. The molecule has 0 aromatic heterocycles. The Morgan fingerprint density at radius 1 is 1.11 bits per heavy atom. The third-order valence-electron chi connectivity index (χ3n) is 3.78. The fraction of sp³-hybridized carbons (Fsp3) is 0.333. The van der Waals surface area contributed by atoms with Crippen molar-refractivity contribution in [3.05, 3.63) is 64.7 Å². The maximum atomic E-state index is 12.5. The Morgan fingerprint density at radius 3 is 2.52 bits per heavy atom. The summed E-state index contributed by atoms with van der Waals surface area (Å²) in [4.78, 5) is 13.5. The molecule has 0 spiro atoms. The number of unbranched alkanes of at least 4 members (excludes halogenated alkanes) is 2. The maximum absolute atomic E-state index is 12.5. The molecule has 0 aliphatic heterocycles. The summed E-state index contributed by atoms with van der Waals surface area (Å²) in [6.07, 6.45) is 3.88. The Bertz CT molecular complexity index is 845. The molecule has 1 atom stereocenters. The van der Waals surface area contributed by atoms with E-state index in [1.807, 2.05) is 30.3 Å². The number of nitrogens with zero attached hydrogens (tertiary/aromatic N) is 1. The Kier molecular flexibility index (Phi) is 8.23. The van der Waals surface area contributed by atoms with E-state index in [1.165, 1.54) is 30.0 Å². The SMILES string of the molecule is CCCCCC(NNS(=O)(=O)c1cccc([N+](=O)[O-])c1)Sc1ccccc1.